The van der Waals surface area contributed by atoms with Crippen LogP contribution in [0.1, 0.15) is 31.5 Å². The van der Waals surface area contributed by atoms with Gasteiger partial charge in [0.25, 0.3) is 12.0 Å². The second kappa shape index (κ2) is 12.9. The molecule has 40 heavy (non-hydrogen) atoms. The molecule has 0 atom stereocenters. The molecule has 0 amide bonds. The number of H-pyrrole nitrogens is 1. The van der Waals surface area contributed by atoms with Crippen molar-refractivity contribution in [3.8, 4) is 0 Å². The second-order valence-electron chi connectivity index (χ2n) is 9.05. The van der Waals surface area contributed by atoms with Crippen LogP contribution in [0.2, 0.25) is 5.02 Å². The van der Waals surface area contributed by atoms with Crippen LogP contribution in [0.3, 0.4) is 0 Å². The van der Waals surface area contributed by atoms with Gasteiger partial charge in [-0.05, 0) is 31.0 Å². The van der Waals surface area contributed by atoms with Crippen LogP contribution < -0.4 is 21.1 Å². The van der Waals surface area contributed by atoms with Crippen LogP contribution in [-0.2, 0) is 4.79 Å². The molecule has 2 aliphatic heterocycles. The van der Waals surface area contributed by atoms with Gasteiger partial charge in [-0.25, -0.2) is 18.7 Å². The quantitative estimate of drug-likeness (QED) is 0.306. The van der Waals surface area contributed by atoms with Crippen molar-refractivity contribution in [3.05, 3.63) is 69.0 Å². The Morgan fingerprint density at radius 2 is 1.88 bits per heavy atom. The number of hydrogen-bond acceptors (Lipinski definition) is 9. The van der Waals surface area contributed by atoms with Gasteiger partial charge in [0.2, 0.25) is 0 Å². The van der Waals surface area contributed by atoms with Crippen LogP contribution >= 0.6 is 11.6 Å². The SMILES string of the molecule is CO.FC(F)c1nc(N2CCCC2)c2oc3ccccc3c2n1.NC1=C(C=O)CN(c2cc(Cl)c[nH]c2=O)CC1. The number of aliphatic hydroxyl groups excluding tert-OH is 1. The Balaban J connectivity index is 0.000000178. The number of para-hydroxylation sites is 1. The minimum atomic E-state index is -2.69. The van der Waals surface area contributed by atoms with Crippen LogP contribution in [0.15, 0.2) is 57.0 Å². The number of nitrogens with one attached hydrogen (secondary N) is 1. The molecule has 2 aliphatic rings. The lowest BCUT2D eigenvalue weighted by atomic mass is 10.1. The number of aromatic amines is 1. The lowest BCUT2D eigenvalue weighted by Crippen LogP contribution is -2.37. The number of nitrogens with two attached hydrogens (primary N) is 1. The van der Waals surface area contributed by atoms with Crippen LogP contribution in [0.25, 0.3) is 22.1 Å². The standard InChI is InChI=1S/C15H13F2N3O.C11H12ClN3O2.CH4O/c16-13(17)14-18-11-9-5-1-2-6-10(9)21-12(11)15(19-14)20-7-3-4-8-20;12-8-3-10(11(17)14-4-8)15-2-1-9(13)7(5-15)6-16;1-2/h1-2,5-6,13H,3-4,7-8H2;3-4,6H,1-2,5,13H2,(H,14,17);2H,1H3. The molecule has 13 heteroatoms. The van der Waals surface area contributed by atoms with Crippen molar-refractivity contribution in [2.24, 2.45) is 5.73 Å². The van der Waals surface area contributed by atoms with Crippen molar-refractivity contribution in [1.82, 2.24) is 15.0 Å². The molecular formula is C27H29ClF2N6O4. The number of halogens is 3. The van der Waals surface area contributed by atoms with Gasteiger partial charge in [0.1, 0.15) is 23.1 Å². The molecule has 4 N–H and O–H groups in total. The molecule has 0 unspecified atom stereocenters. The number of aliphatic hydroxyl groups is 1. The van der Waals surface area contributed by atoms with Gasteiger partial charge in [0, 0.05) is 62.6 Å². The summed E-state index contributed by atoms with van der Waals surface area (Å²) in [5.41, 5.74) is 8.68. The van der Waals surface area contributed by atoms with E-state index >= 15 is 0 Å². The van der Waals surface area contributed by atoms with E-state index in [1.165, 1.54) is 6.20 Å². The Kier molecular flexibility index (Phi) is 9.33. The molecule has 10 nitrogen and oxygen atoms in total. The minimum Gasteiger partial charge on any atom is -0.450 e. The lowest BCUT2D eigenvalue weighted by Gasteiger charge is -2.28. The average molecular weight is 575 g/mol. The third-order valence-corrected chi connectivity index (χ3v) is 6.79. The van der Waals surface area contributed by atoms with Gasteiger partial charge in [-0.1, -0.05) is 23.7 Å². The van der Waals surface area contributed by atoms with E-state index in [-0.39, 0.29) is 5.56 Å². The topological polar surface area (TPSA) is 142 Å². The number of fused-ring (bicyclic) bond motifs is 3. The monoisotopic (exact) mass is 574 g/mol. The molecule has 1 saturated heterocycles. The number of anilines is 2. The number of pyridine rings is 1. The maximum atomic E-state index is 13.1. The summed E-state index contributed by atoms with van der Waals surface area (Å²) in [6.07, 6.45) is 2.12. The number of nitrogens with zero attached hydrogens (tertiary/aromatic N) is 4. The number of carbonyl (C=O) groups is 1. The third kappa shape index (κ3) is 6.07. The van der Waals surface area contributed by atoms with Gasteiger partial charge in [0.05, 0.1) is 5.02 Å². The Morgan fingerprint density at radius 3 is 2.58 bits per heavy atom. The van der Waals surface area contributed by atoms with Gasteiger partial charge in [-0.2, -0.15) is 0 Å². The molecule has 212 valence electrons. The number of aldehydes is 1. The van der Waals surface area contributed by atoms with Gasteiger partial charge < -0.3 is 30.0 Å². The summed E-state index contributed by atoms with van der Waals surface area (Å²) in [4.78, 5) is 36.9. The van der Waals surface area contributed by atoms with Crippen molar-refractivity contribution in [2.45, 2.75) is 25.7 Å². The number of carbonyl (C=O) groups excluding carboxylic acids is 1. The smallest absolute Gasteiger partial charge is 0.297 e. The largest absolute Gasteiger partial charge is 0.450 e. The van der Waals surface area contributed by atoms with Crippen molar-refractivity contribution in [2.75, 3.05) is 43.1 Å². The van der Waals surface area contributed by atoms with E-state index in [1.54, 1.807) is 11.0 Å². The highest BCUT2D eigenvalue weighted by Gasteiger charge is 2.25. The molecular weight excluding hydrogens is 546 g/mol. The number of hydrogen-bond donors (Lipinski definition) is 3. The normalized spacial score (nSPS) is 15.2. The van der Waals surface area contributed by atoms with Crippen LogP contribution in [0, 0.1) is 0 Å². The number of furan rings is 1. The van der Waals surface area contributed by atoms with Crippen LogP contribution in [0.4, 0.5) is 20.3 Å². The molecule has 1 fully saturated rings. The zero-order valence-electron chi connectivity index (χ0n) is 21.7. The van der Waals surface area contributed by atoms with Gasteiger partial charge in [-0.3, -0.25) is 9.59 Å². The fourth-order valence-corrected chi connectivity index (χ4v) is 4.79. The summed E-state index contributed by atoms with van der Waals surface area (Å²) in [5, 5.41) is 8.20. The van der Waals surface area contributed by atoms with E-state index in [2.05, 4.69) is 15.0 Å². The van der Waals surface area contributed by atoms with Crippen LogP contribution in [-0.4, -0.2) is 59.6 Å². The fraction of sp³-hybridized carbons (Fsp3) is 0.333. The summed E-state index contributed by atoms with van der Waals surface area (Å²) in [6, 6.07) is 8.92. The third-order valence-electron chi connectivity index (χ3n) is 6.58. The van der Waals surface area contributed by atoms with Gasteiger partial charge in [-0.15, -0.1) is 0 Å². The molecule has 3 aromatic heterocycles. The second-order valence-corrected chi connectivity index (χ2v) is 9.48. The first-order valence-electron chi connectivity index (χ1n) is 12.6. The highest BCUT2D eigenvalue weighted by Crippen LogP contribution is 2.35. The predicted molar refractivity (Wildman–Crippen MR) is 150 cm³/mol. The summed E-state index contributed by atoms with van der Waals surface area (Å²) in [6.45, 7) is 2.57. The first-order chi connectivity index (χ1) is 19.4. The molecule has 0 radical (unpaired) electrons. The molecule has 0 aliphatic carbocycles. The highest BCUT2D eigenvalue weighted by atomic mass is 35.5. The van der Waals surface area contributed by atoms with E-state index in [9.17, 15) is 18.4 Å². The molecule has 0 bridgehead atoms. The number of rotatable bonds is 4. The number of alkyl halides is 2. The van der Waals surface area contributed by atoms with Crippen molar-refractivity contribution < 1.29 is 23.1 Å². The Hall–Kier alpha value is -4.03. The predicted octanol–water partition coefficient (Wildman–Crippen LogP) is 4.17. The summed E-state index contributed by atoms with van der Waals surface area (Å²) < 4.78 is 32.0. The van der Waals surface area contributed by atoms with Crippen molar-refractivity contribution in [3.63, 3.8) is 0 Å². The molecule has 5 heterocycles. The van der Waals surface area contributed by atoms with Gasteiger partial charge in [0.15, 0.2) is 17.2 Å². The number of benzene rings is 1. The highest BCUT2D eigenvalue weighted by molar-refractivity contribution is 6.30. The molecule has 1 aromatic carbocycles. The van der Waals surface area contributed by atoms with Crippen molar-refractivity contribution in [1.29, 1.82) is 0 Å². The molecule has 0 spiro atoms. The minimum absolute atomic E-state index is 0.222. The maximum absolute atomic E-state index is 13.1. The maximum Gasteiger partial charge on any atom is 0.297 e. The summed E-state index contributed by atoms with van der Waals surface area (Å²) in [7, 11) is 1.00. The Labute approximate surface area is 233 Å². The molecule has 6 rings (SSSR count). The summed E-state index contributed by atoms with van der Waals surface area (Å²) in [5.74, 6) is 0.0555. The van der Waals surface area contributed by atoms with E-state index < -0.39 is 12.2 Å². The van der Waals surface area contributed by atoms with E-state index in [4.69, 9.17) is 26.9 Å². The summed E-state index contributed by atoms with van der Waals surface area (Å²) >= 11 is 5.83. The fourth-order valence-electron chi connectivity index (χ4n) is 4.64. The number of aromatic nitrogens is 3. The van der Waals surface area contributed by atoms with Crippen LogP contribution in [0.5, 0.6) is 0 Å². The average Bonchev–Trinajstić information content (AvgIpc) is 3.64. The van der Waals surface area contributed by atoms with Crippen molar-refractivity contribution >= 4 is 51.5 Å². The van der Waals surface area contributed by atoms with E-state index in [0.29, 0.717) is 64.0 Å². The Morgan fingerprint density at radius 1 is 1.15 bits per heavy atom. The molecule has 0 saturated carbocycles. The first-order valence-corrected chi connectivity index (χ1v) is 13.0. The lowest BCUT2D eigenvalue weighted by molar-refractivity contribution is -0.105. The Bertz CT molecular complexity index is 1580. The first kappa shape index (κ1) is 29.0. The van der Waals surface area contributed by atoms with E-state index in [0.717, 1.165) is 44.7 Å². The van der Waals surface area contributed by atoms with E-state index in [1.807, 2.05) is 29.2 Å². The molecule has 4 aromatic rings. The zero-order chi connectivity index (χ0) is 28.8. The zero-order valence-corrected chi connectivity index (χ0v) is 22.5. The van der Waals surface area contributed by atoms with Gasteiger partial charge >= 0.3 is 0 Å².